The highest BCUT2D eigenvalue weighted by Crippen LogP contribution is 2.38. The zero-order valence-corrected chi connectivity index (χ0v) is 19.2. The monoisotopic (exact) mass is 459 g/mol. The molecule has 0 aromatic heterocycles. The Balaban J connectivity index is 2.25. The first-order valence-corrected chi connectivity index (χ1v) is 13.7. The molecule has 1 aromatic carbocycles. The van der Waals surface area contributed by atoms with Crippen LogP contribution in [0.4, 0.5) is 11.4 Å². The summed E-state index contributed by atoms with van der Waals surface area (Å²) in [7, 11) is -6.43. The molecule has 1 N–H and O–H groups in total. The number of nitrogens with zero attached hydrogens (tertiary/aromatic N) is 2. The van der Waals surface area contributed by atoms with Crippen LogP contribution in [0.3, 0.4) is 0 Å². The van der Waals surface area contributed by atoms with Crippen LogP contribution in [0.15, 0.2) is 23.1 Å². The van der Waals surface area contributed by atoms with E-state index in [9.17, 15) is 33.4 Å². The molecular weight excluding hydrogens is 434 g/mol. The normalized spacial score (nSPS) is 19.7. The molecule has 30 heavy (non-hydrogen) atoms. The zero-order chi connectivity index (χ0) is 23.1. The second kappa shape index (κ2) is 8.04. The van der Waals surface area contributed by atoms with E-state index in [4.69, 9.17) is 4.43 Å². The second-order valence-corrected chi connectivity index (χ2v) is 15.5. The highest BCUT2D eigenvalue weighted by Gasteiger charge is 2.50. The summed E-state index contributed by atoms with van der Waals surface area (Å²) in [5.41, 5.74) is -1.50. The number of carbonyl (C=O) groups excluding carboxylic acids is 1. The summed E-state index contributed by atoms with van der Waals surface area (Å²) in [4.78, 5) is 31.7. The first-order chi connectivity index (χ1) is 13.6. The van der Waals surface area contributed by atoms with Crippen LogP contribution in [-0.4, -0.2) is 44.5 Å². The van der Waals surface area contributed by atoms with Gasteiger partial charge in [0.15, 0.2) is 8.32 Å². The molecule has 11 nitrogen and oxygen atoms in total. The minimum atomic E-state index is -4.34. The molecule has 0 unspecified atom stereocenters. The molecule has 1 aliphatic heterocycles. The van der Waals surface area contributed by atoms with Gasteiger partial charge in [-0.25, -0.2) is 8.42 Å². The van der Waals surface area contributed by atoms with Crippen LogP contribution in [0, 0.1) is 26.1 Å². The molecular formula is C17H25N3O8SSi. The fraction of sp³-hybridized carbons (Fsp3) is 0.588. The van der Waals surface area contributed by atoms with Crippen LogP contribution < -0.4 is 5.32 Å². The van der Waals surface area contributed by atoms with Crippen LogP contribution >= 0.6 is 0 Å². The third-order valence-electron chi connectivity index (χ3n) is 5.68. The van der Waals surface area contributed by atoms with Gasteiger partial charge in [-0.3, -0.25) is 25.0 Å². The molecule has 1 aliphatic rings. The number of non-ortho nitro benzene ring substituents is 1. The number of carbonyl (C=O) groups is 1. The molecule has 2 rings (SSSR count). The summed E-state index contributed by atoms with van der Waals surface area (Å²) < 4.78 is 32.0. The average molecular weight is 460 g/mol. The Labute approximate surface area is 175 Å². The Bertz CT molecular complexity index is 987. The van der Waals surface area contributed by atoms with Crippen LogP contribution in [0.2, 0.25) is 18.1 Å². The zero-order valence-electron chi connectivity index (χ0n) is 17.4. The van der Waals surface area contributed by atoms with E-state index >= 15 is 0 Å². The van der Waals surface area contributed by atoms with Gasteiger partial charge in [0.05, 0.1) is 21.8 Å². The third-order valence-corrected chi connectivity index (χ3v) is 12.3. The predicted molar refractivity (Wildman–Crippen MR) is 110 cm³/mol. The number of β-lactam (4-membered cyclic amide) rings is 1. The summed E-state index contributed by atoms with van der Waals surface area (Å²) in [5.74, 6) is -1.40. The van der Waals surface area contributed by atoms with Crippen molar-refractivity contribution in [2.45, 2.75) is 55.6 Å². The number of nitro groups is 2. The van der Waals surface area contributed by atoms with Crippen molar-refractivity contribution < 1.29 is 27.5 Å². The number of amides is 1. The molecule has 0 bridgehead atoms. The maximum Gasteiger partial charge on any atom is 0.294 e. The van der Waals surface area contributed by atoms with Crippen molar-refractivity contribution in [1.82, 2.24) is 5.32 Å². The first kappa shape index (κ1) is 23.9. The highest BCUT2D eigenvalue weighted by molar-refractivity contribution is 7.92. The van der Waals surface area contributed by atoms with Crippen LogP contribution in [0.5, 0.6) is 0 Å². The predicted octanol–water partition coefficient (Wildman–Crippen LogP) is 2.76. The molecule has 1 fully saturated rings. The fourth-order valence-electron chi connectivity index (χ4n) is 2.76. The molecule has 1 aromatic rings. The van der Waals surface area contributed by atoms with Gasteiger partial charge in [0.25, 0.3) is 11.4 Å². The van der Waals surface area contributed by atoms with E-state index in [0.29, 0.717) is 6.07 Å². The number of hydrogen-bond donors (Lipinski definition) is 1. The smallest absolute Gasteiger partial charge is 0.294 e. The van der Waals surface area contributed by atoms with Crippen molar-refractivity contribution in [3.8, 4) is 0 Å². The highest BCUT2D eigenvalue weighted by atomic mass is 32.2. The van der Waals surface area contributed by atoms with E-state index < -0.39 is 61.5 Å². The summed E-state index contributed by atoms with van der Waals surface area (Å²) in [6, 6.07) is 2.32. The lowest BCUT2D eigenvalue weighted by atomic mass is 9.98. The van der Waals surface area contributed by atoms with Gasteiger partial charge in [0.2, 0.25) is 15.7 Å². The summed E-state index contributed by atoms with van der Waals surface area (Å²) in [5, 5.41) is 23.1. The number of rotatable bonds is 8. The molecule has 0 radical (unpaired) electrons. The van der Waals surface area contributed by atoms with E-state index in [1.54, 1.807) is 0 Å². The largest absolute Gasteiger partial charge is 0.417 e. The standard InChI is InChI=1S/C17H25N3O8SSi/c1-17(2,3)30(4,5)28-9-8-12-15(21)18-16(12)29(26,27)14-7-6-11(19(22)23)10-13(14)20(24)25/h6-7,10,12,16H,8-9H2,1-5H3,(H,18,21)/t12-,16-/m1/s1. The number of nitrogens with one attached hydrogen (secondary N) is 1. The molecule has 1 amide bonds. The summed E-state index contributed by atoms with van der Waals surface area (Å²) in [6.45, 7) is 10.4. The molecule has 166 valence electrons. The Kier molecular flexibility index (Phi) is 6.40. The van der Waals surface area contributed by atoms with Gasteiger partial charge in [0.1, 0.15) is 10.3 Å². The van der Waals surface area contributed by atoms with Crippen molar-refractivity contribution >= 4 is 35.4 Å². The first-order valence-electron chi connectivity index (χ1n) is 9.20. The Morgan fingerprint density at radius 2 is 1.77 bits per heavy atom. The quantitative estimate of drug-likeness (QED) is 0.269. The molecule has 2 atom stereocenters. The third kappa shape index (κ3) is 4.52. The van der Waals surface area contributed by atoms with Gasteiger partial charge in [-0.05, 0) is 30.6 Å². The van der Waals surface area contributed by atoms with E-state index in [1.165, 1.54) is 0 Å². The minimum Gasteiger partial charge on any atom is -0.417 e. The summed E-state index contributed by atoms with van der Waals surface area (Å²) in [6.07, 6.45) is 0.142. The van der Waals surface area contributed by atoms with Crippen molar-refractivity contribution in [1.29, 1.82) is 0 Å². The van der Waals surface area contributed by atoms with Crippen molar-refractivity contribution in [3.63, 3.8) is 0 Å². The lowest BCUT2D eigenvalue weighted by Crippen LogP contribution is -2.62. The van der Waals surface area contributed by atoms with E-state index in [1.807, 2.05) is 13.1 Å². The van der Waals surface area contributed by atoms with E-state index in [0.717, 1.165) is 12.1 Å². The lowest BCUT2D eigenvalue weighted by molar-refractivity contribution is -0.396. The van der Waals surface area contributed by atoms with Gasteiger partial charge in [0, 0.05) is 12.7 Å². The number of nitro benzene ring substituents is 2. The molecule has 13 heteroatoms. The molecule has 1 saturated heterocycles. The van der Waals surface area contributed by atoms with Gasteiger partial charge < -0.3 is 9.74 Å². The van der Waals surface area contributed by atoms with Crippen LogP contribution in [0.1, 0.15) is 27.2 Å². The van der Waals surface area contributed by atoms with Crippen molar-refractivity contribution in [3.05, 3.63) is 38.4 Å². The molecule has 1 heterocycles. The Morgan fingerprint density at radius 3 is 2.23 bits per heavy atom. The van der Waals surface area contributed by atoms with Gasteiger partial charge in [-0.1, -0.05) is 20.8 Å². The van der Waals surface area contributed by atoms with Crippen molar-refractivity contribution in [2.24, 2.45) is 5.92 Å². The van der Waals surface area contributed by atoms with Crippen LogP contribution in [-0.2, 0) is 19.1 Å². The fourth-order valence-corrected chi connectivity index (χ4v) is 5.74. The molecule has 0 aliphatic carbocycles. The van der Waals surface area contributed by atoms with E-state index in [2.05, 4.69) is 26.1 Å². The molecule has 0 spiro atoms. The van der Waals surface area contributed by atoms with Gasteiger partial charge in [-0.15, -0.1) is 0 Å². The maximum absolute atomic E-state index is 13.0. The summed E-state index contributed by atoms with van der Waals surface area (Å²) >= 11 is 0. The topological polar surface area (TPSA) is 159 Å². The number of sulfone groups is 1. The lowest BCUT2D eigenvalue weighted by Gasteiger charge is -2.39. The second-order valence-electron chi connectivity index (χ2n) is 8.64. The number of hydrogen-bond acceptors (Lipinski definition) is 8. The maximum atomic E-state index is 13.0. The Morgan fingerprint density at radius 1 is 1.17 bits per heavy atom. The number of benzene rings is 1. The SMILES string of the molecule is CC(C)(C)[Si](C)(C)OCC[C@@H]1C(=O)N[C@@H]1S(=O)(=O)c1ccc([N+](=O)[O-])cc1[N+](=O)[O-]. The van der Waals surface area contributed by atoms with Crippen LogP contribution in [0.25, 0.3) is 0 Å². The average Bonchev–Trinajstić information content (AvgIpc) is 2.61. The van der Waals surface area contributed by atoms with Crippen molar-refractivity contribution in [2.75, 3.05) is 6.61 Å². The molecule has 0 saturated carbocycles. The van der Waals surface area contributed by atoms with E-state index in [-0.39, 0.29) is 18.1 Å². The Hall–Kier alpha value is -2.38. The van der Waals surface area contributed by atoms with Gasteiger partial charge in [-0.2, -0.15) is 0 Å². The minimum absolute atomic E-state index is 0.0558. The van der Waals surface area contributed by atoms with Gasteiger partial charge >= 0.3 is 0 Å².